The molecular formula is C10H11ClN2O. The molecular weight excluding hydrogens is 200 g/mol. The lowest BCUT2D eigenvalue weighted by Crippen LogP contribution is -2.10. The van der Waals surface area contributed by atoms with Crippen molar-refractivity contribution in [2.45, 2.75) is 13.3 Å². The second kappa shape index (κ2) is 3.50. The van der Waals surface area contributed by atoms with Crippen LogP contribution in [0.3, 0.4) is 0 Å². The Morgan fingerprint density at radius 1 is 1.43 bits per heavy atom. The van der Waals surface area contributed by atoms with Gasteiger partial charge in [0.15, 0.2) is 0 Å². The molecule has 0 aromatic heterocycles. The van der Waals surface area contributed by atoms with Crippen molar-refractivity contribution in [3.8, 4) is 0 Å². The predicted molar refractivity (Wildman–Crippen MR) is 57.9 cm³/mol. The van der Waals surface area contributed by atoms with E-state index in [4.69, 9.17) is 11.6 Å². The molecule has 0 radical (unpaired) electrons. The van der Waals surface area contributed by atoms with Crippen LogP contribution in [0.2, 0.25) is 5.02 Å². The molecule has 0 saturated carbocycles. The molecule has 4 heteroatoms. The Balaban J connectivity index is 2.50. The van der Waals surface area contributed by atoms with Gasteiger partial charge in [-0.05, 0) is 24.6 Å². The number of amides is 1. The minimum absolute atomic E-state index is 0.0258. The lowest BCUT2D eigenvalue weighted by Gasteiger charge is -2.11. The Bertz CT molecular complexity index is 390. The highest BCUT2D eigenvalue weighted by molar-refractivity contribution is 6.31. The third-order valence-corrected chi connectivity index (χ3v) is 2.45. The maximum atomic E-state index is 11.3. The van der Waals surface area contributed by atoms with Crippen molar-refractivity contribution in [2.75, 3.05) is 17.2 Å². The van der Waals surface area contributed by atoms with Gasteiger partial charge in [-0.25, -0.2) is 0 Å². The maximum Gasteiger partial charge on any atom is 0.226 e. The largest absolute Gasteiger partial charge is 0.383 e. The van der Waals surface area contributed by atoms with Crippen LogP contribution in [0.15, 0.2) is 12.1 Å². The van der Waals surface area contributed by atoms with Crippen LogP contribution < -0.4 is 10.6 Å². The predicted octanol–water partition coefficient (Wildman–Crippen LogP) is 2.40. The van der Waals surface area contributed by atoms with E-state index >= 15 is 0 Å². The molecule has 0 bridgehead atoms. The summed E-state index contributed by atoms with van der Waals surface area (Å²) in [5, 5.41) is 6.67. The summed E-state index contributed by atoms with van der Waals surface area (Å²) in [5.41, 5.74) is 2.80. The first-order valence-electron chi connectivity index (χ1n) is 4.50. The van der Waals surface area contributed by atoms with Gasteiger partial charge >= 0.3 is 0 Å². The van der Waals surface area contributed by atoms with E-state index in [-0.39, 0.29) is 5.91 Å². The van der Waals surface area contributed by atoms with Gasteiger partial charge in [0.25, 0.3) is 0 Å². The summed E-state index contributed by atoms with van der Waals surface area (Å²) < 4.78 is 0. The maximum absolute atomic E-state index is 11.3. The van der Waals surface area contributed by atoms with E-state index < -0.39 is 0 Å². The normalized spacial score (nSPS) is 15.1. The Kier molecular flexibility index (Phi) is 2.33. The van der Waals surface area contributed by atoms with E-state index in [0.717, 1.165) is 16.9 Å². The van der Waals surface area contributed by atoms with Crippen LogP contribution in [-0.2, 0) is 4.79 Å². The molecule has 2 N–H and O–H groups in total. The molecule has 0 unspecified atom stereocenters. The smallest absolute Gasteiger partial charge is 0.226 e. The highest BCUT2D eigenvalue weighted by Gasteiger charge is 2.14. The third-order valence-electron chi connectivity index (χ3n) is 2.23. The molecule has 74 valence electrons. The van der Waals surface area contributed by atoms with Gasteiger partial charge in [0.05, 0.1) is 11.4 Å². The first kappa shape index (κ1) is 9.34. The molecule has 1 amide bonds. The van der Waals surface area contributed by atoms with Crippen molar-refractivity contribution in [3.05, 3.63) is 22.7 Å². The summed E-state index contributed by atoms with van der Waals surface area (Å²) in [6.45, 7) is 2.64. The minimum Gasteiger partial charge on any atom is -0.383 e. The Hall–Kier alpha value is -1.22. The molecule has 1 aliphatic heterocycles. The van der Waals surface area contributed by atoms with Gasteiger partial charge in [-0.15, -0.1) is 0 Å². The van der Waals surface area contributed by atoms with Crippen molar-refractivity contribution in [1.82, 2.24) is 0 Å². The van der Waals surface area contributed by atoms with Crippen LogP contribution in [-0.4, -0.2) is 12.5 Å². The van der Waals surface area contributed by atoms with Crippen LogP contribution >= 0.6 is 11.6 Å². The summed E-state index contributed by atoms with van der Waals surface area (Å²) in [5.74, 6) is 0.0258. The highest BCUT2D eigenvalue weighted by Crippen LogP contribution is 2.31. The van der Waals surface area contributed by atoms with E-state index in [1.165, 1.54) is 0 Å². The molecule has 2 rings (SSSR count). The fraction of sp³-hybridized carbons (Fsp3) is 0.300. The van der Waals surface area contributed by atoms with Crippen LogP contribution in [0.1, 0.15) is 12.0 Å². The van der Waals surface area contributed by atoms with E-state index in [1.54, 1.807) is 6.07 Å². The first-order valence-corrected chi connectivity index (χ1v) is 4.88. The Morgan fingerprint density at radius 3 is 3.00 bits per heavy atom. The zero-order valence-corrected chi connectivity index (χ0v) is 8.61. The number of rotatable bonds is 0. The van der Waals surface area contributed by atoms with Crippen LogP contribution in [0, 0.1) is 6.92 Å². The zero-order chi connectivity index (χ0) is 10.1. The minimum atomic E-state index is 0.0258. The van der Waals surface area contributed by atoms with Gasteiger partial charge in [-0.1, -0.05) is 11.6 Å². The second-order valence-corrected chi connectivity index (χ2v) is 3.81. The number of hydrogen-bond acceptors (Lipinski definition) is 2. The monoisotopic (exact) mass is 210 g/mol. The number of benzene rings is 1. The summed E-state index contributed by atoms with van der Waals surface area (Å²) in [6, 6.07) is 3.64. The van der Waals surface area contributed by atoms with Gasteiger partial charge < -0.3 is 10.6 Å². The molecule has 0 aliphatic carbocycles. The van der Waals surface area contributed by atoms with Gasteiger partial charge in [-0.3, -0.25) is 4.79 Å². The number of hydrogen-bond donors (Lipinski definition) is 2. The molecule has 3 nitrogen and oxygen atoms in total. The van der Waals surface area contributed by atoms with Crippen LogP contribution in [0.4, 0.5) is 11.4 Å². The molecule has 0 fully saturated rings. The molecule has 0 saturated heterocycles. The molecule has 0 atom stereocenters. The van der Waals surface area contributed by atoms with Crippen LogP contribution in [0.5, 0.6) is 0 Å². The van der Waals surface area contributed by atoms with E-state index in [0.29, 0.717) is 18.0 Å². The van der Waals surface area contributed by atoms with E-state index in [9.17, 15) is 4.79 Å². The van der Waals surface area contributed by atoms with E-state index in [2.05, 4.69) is 10.6 Å². The fourth-order valence-corrected chi connectivity index (χ4v) is 1.86. The van der Waals surface area contributed by atoms with Gasteiger partial charge in [0.2, 0.25) is 5.91 Å². The number of anilines is 2. The van der Waals surface area contributed by atoms with E-state index in [1.807, 2.05) is 13.0 Å². The lowest BCUT2D eigenvalue weighted by molar-refractivity contribution is -0.115. The Morgan fingerprint density at radius 2 is 2.21 bits per heavy atom. The topological polar surface area (TPSA) is 41.1 Å². The van der Waals surface area contributed by atoms with Crippen molar-refractivity contribution < 1.29 is 4.79 Å². The fourth-order valence-electron chi connectivity index (χ4n) is 1.59. The number of halogens is 1. The SMILES string of the molecule is Cc1cc(Cl)cc2c1NCCC(=O)N2. The molecule has 1 aromatic carbocycles. The molecule has 1 heterocycles. The Labute approximate surface area is 87.4 Å². The van der Waals surface area contributed by atoms with Crippen LogP contribution in [0.25, 0.3) is 0 Å². The number of fused-ring (bicyclic) bond motifs is 1. The number of carbonyl (C=O) groups excluding carboxylic acids is 1. The quantitative estimate of drug-likeness (QED) is 0.691. The number of aryl methyl sites for hydroxylation is 1. The number of nitrogens with one attached hydrogen (secondary N) is 2. The average molecular weight is 211 g/mol. The summed E-state index contributed by atoms with van der Waals surface area (Å²) in [7, 11) is 0. The number of carbonyl (C=O) groups is 1. The third kappa shape index (κ3) is 1.68. The van der Waals surface area contributed by atoms with Crippen molar-refractivity contribution in [1.29, 1.82) is 0 Å². The van der Waals surface area contributed by atoms with Crippen molar-refractivity contribution >= 4 is 28.9 Å². The van der Waals surface area contributed by atoms with Gasteiger partial charge in [0.1, 0.15) is 0 Å². The van der Waals surface area contributed by atoms with Crippen molar-refractivity contribution in [3.63, 3.8) is 0 Å². The van der Waals surface area contributed by atoms with Gasteiger partial charge in [0, 0.05) is 18.0 Å². The van der Waals surface area contributed by atoms with Crippen molar-refractivity contribution in [2.24, 2.45) is 0 Å². The average Bonchev–Trinajstić information content (AvgIpc) is 2.25. The lowest BCUT2D eigenvalue weighted by atomic mass is 10.1. The first-order chi connectivity index (χ1) is 6.66. The zero-order valence-electron chi connectivity index (χ0n) is 7.86. The highest BCUT2D eigenvalue weighted by atomic mass is 35.5. The molecule has 0 spiro atoms. The van der Waals surface area contributed by atoms with Gasteiger partial charge in [-0.2, -0.15) is 0 Å². The summed E-state index contributed by atoms with van der Waals surface area (Å²) in [6.07, 6.45) is 0.492. The summed E-state index contributed by atoms with van der Waals surface area (Å²) in [4.78, 5) is 11.3. The summed E-state index contributed by atoms with van der Waals surface area (Å²) >= 11 is 5.90. The molecule has 14 heavy (non-hydrogen) atoms. The molecule has 1 aliphatic rings. The second-order valence-electron chi connectivity index (χ2n) is 3.37. The molecule has 1 aromatic rings. The standard InChI is InChI=1S/C10H11ClN2O/c1-6-4-7(11)5-8-10(6)12-3-2-9(14)13-8/h4-5,12H,2-3H2,1H3,(H,13,14).